The second-order valence-electron chi connectivity index (χ2n) is 18.6. The SMILES string of the molecule is c1ccc(-c2ccc(-c3ccccc3N(c3ccc(-c4ccccc4)cc3)c3cccc4c3-c3ccc(-c5nc6ccccc6cc5-c5ccccc5)cc3C4(c3ccccc3)c3ccccc3)cc2)cc1. The van der Waals surface area contributed by atoms with Crippen LogP contribution in [0.1, 0.15) is 22.3 Å². The van der Waals surface area contributed by atoms with Crippen LogP contribution in [-0.2, 0) is 5.41 Å². The van der Waals surface area contributed by atoms with Gasteiger partial charge in [-0.2, -0.15) is 0 Å². The molecule has 0 atom stereocenters. The van der Waals surface area contributed by atoms with Gasteiger partial charge in [-0.25, -0.2) is 4.98 Å². The predicted molar refractivity (Wildman–Crippen MR) is 301 cm³/mol. The van der Waals surface area contributed by atoms with E-state index in [9.17, 15) is 0 Å². The summed E-state index contributed by atoms with van der Waals surface area (Å²) in [5, 5.41) is 1.12. The third kappa shape index (κ3) is 7.32. The van der Waals surface area contributed by atoms with Crippen LogP contribution in [0.4, 0.5) is 17.1 Å². The molecule has 0 radical (unpaired) electrons. The molecule has 2 heteroatoms. The Morgan fingerprint density at radius 1 is 0.292 bits per heavy atom. The molecule has 72 heavy (non-hydrogen) atoms. The molecule has 0 saturated carbocycles. The van der Waals surface area contributed by atoms with Gasteiger partial charge in [0.05, 0.1) is 28.0 Å². The molecule has 0 N–H and O–H groups in total. The molecule has 11 aromatic carbocycles. The number of rotatable bonds is 10. The number of nitrogens with zero attached hydrogens (tertiary/aromatic N) is 2. The van der Waals surface area contributed by atoms with Gasteiger partial charge in [0.2, 0.25) is 0 Å². The van der Waals surface area contributed by atoms with E-state index in [1.54, 1.807) is 0 Å². The van der Waals surface area contributed by atoms with E-state index in [-0.39, 0.29) is 0 Å². The maximum absolute atomic E-state index is 5.50. The van der Waals surface area contributed by atoms with Gasteiger partial charge in [0.15, 0.2) is 0 Å². The van der Waals surface area contributed by atoms with Crippen molar-refractivity contribution in [2.75, 3.05) is 4.90 Å². The molecule has 13 rings (SSSR count). The van der Waals surface area contributed by atoms with Crippen LogP contribution in [-0.4, -0.2) is 4.98 Å². The maximum atomic E-state index is 5.50. The lowest BCUT2D eigenvalue weighted by molar-refractivity contribution is 0.768. The highest BCUT2D eigenvalue weighted by molar-refractivity contribution is 6.01. The van der Waals surface area contributed by atoms with E-state index in [4.69, 9.17) is 4.98 Å². The molecule has 0 aliphatic heterocycles. The zero-order valence-electron chi connectivity index (χ0n) is 39.6. The molecular formula is C70H48N2. The van der Waals surface area contributed by atoms with Crippen molar-refractivity contribution >= 4 is 28.0 Å². The van der Waals surface area contributed by atoms with Crippen molar-refractivity contribution in [3.8, 4) is 66.9 Å². The molecule has 0 amide bonds. The second-order valence-corrected chi connectivity index (χ2v) is 18.6. The third-order valence-corrected chi connectivity index (χ3v) is 14.6. The first-order valence-electron chi connectivity index (χ1n) is 24.8. The van der Waals surface area contributed by atoms with Crippen molar-refractivity contribution in [1.82, 2.24) is 4.98 Å². The molecule has 338 valence electrons. The van der Waals surface area contributed by atoms with Crippen molar-refractivity contribution in [2.24, 2.45) is 0 Å². The molecular weight excluding hydrogens is 869 g/mol. The average molecular weight is 917 g/mol. The van der Waals surface area contributed by atoms with Gasteiger partial charge in [0.25, 0.3) is 0 Å². The number of hydrogen-bond donors (Lipinski definition) is 0. The quantitative estimate of drug-likeness (QED) is 0.136. The van der Waals surface area contributed by atoms with Gasteiger partial charge in [0, 0.05) is 33.3 Å². The van der Waals surface area contributed by atoms with E-state index in [0.29, 0.717) is 0 Å². The maximum Gasteiger partial charge on any atom is 0.0788 e. The fourth-order valence-electron chi connectivity index (χ4n) is 11.3. The summed E-state index contributed by atoms with van der Waals surface area (Å²) in [6.45, 7) is 0. The minimum Gasteiger partial charge on any atom is -0.309 e. The minimum atomic E-state index is -0.682. The van der Waals surface area contributed by atoms with Crippen LogP contribution < -0.4 is 4.90 Å². The molecule has 1 heterocycles. The average Bonchev–Trinajstić information content (AvgIpc) is 3.77. The monoisotopic (exact) mass is 916 g/mol. The smallest absolute Gasteiger partial charge is 0.0788 e. The molecule has 1 aliphatic carbocycles. The first-order valence-corrected chi connectivity index (χ1v) is 24.8. The summed E-state index contributed by atoms with van der Waals surface area (Å²) in [7, 11) is 0. The summed E-state index contributed by atoms with van der Waals surface area (Å²) in [6, 6.07) is 106. The Kier molecular flexibility index (Phi) is 10.8. The van der Waals surface area contributed by atoms with E-state index in [2.05, 4.69) is 296 Å². The fraction of sp³-hybridized carbons (Fsp3) is 0.0143. The molecule has 12 aromatic rings. The van der Waals surface area contributed by atoms with Crippen LogP contribution in [0.25, 0.3) is 77.8 Å². The summed E-state index contributed by atoms with van der Waals surface area (Å²) in [4.78, 5) is 7.99. The van der Waals surface area contributed by atoms with Crippen LogP contribution in [0.2, 0.25) is 0 Å². The van der Waals surface area contributed by atoms with Crippen molar-refractivity contribution in [3.05, 3.63) is 313 Å². The molecule has 0 saturated heterocycles. The standard InChI is InChI=1S/C70H48N2/c1-6-21-49(22-7-1)51-37-39-54(40-38-51)60-32-17-19-35-66(60)72(59-44-41-52(42-45-59)50-23-8-2-9-24-50)67-36-20-33-63-68(67)61-46-43-56(48-64(61)70(63,57-28-12-4-13-29-57)58-30-14-5-15-31-58)69-62(53-25-10-3-11-26-53)47-55-27-16-18-34-65(55)71-69/h1-48H. The van der Waals surface area contributed by atoms with E-state index in [0.717, 1.165) is 61.5 Å². The zero-order valence-corrected chi connectivity index (χ0v) is 39.6. The van der Waals surface area contributed by atoms with E-state index < -0.39 is 5.41 Å². The van der Waals surface area contributed by atoms with Crippen LogP contribution in [0.5, 0.6) is 0 Å². The lowest BCUT2D eigenvalue weighted by Gasteiger charge is -2.35. The van der Waals surface area contributed by atoms with Crippen molar-refractivity contribution in [2.45, 2.75) is 5.41 Å². The number of aromatic nitrogens is 1. The Morgan fingerprint density at radius 3 is 1.40 bits per heavy atom. The topological polar surface area (TPSA) is 16.1 Å². The summed E-state index contributed by atoms with van der Waals surface area (Å²) < 4.78 is 0. The highest BCUT2D eigenvalue weighted by atomic mass is 15.1. The van der Waals surface area contributed by atoms with Gasteiger partial charge in [-0.3, -0.25) is 0 Å². The summed E-state index contributed by atoms with van der Waals surface area (Å²) in [6.07, 6.45) is 0. The highest BCUT2D eigenvalue weighted by Crippen LogP contribution is 2.60. The number of hydrogen-bond acceptors (Lipinski definition) is 2. The Labute approximate surface area is 421 Å². The first kappa shape index (κ1) is 42.7. The highest BCUT2D eigenvalue weighted by Gasteiger charge is 2.48. The summed E-state index contributed by atoms with van der Waals surface area (Å²) >= 11 is 0. The van der Waals surface area contributed by atoms with Crippen molar-refractivity contribution in [3.63, 3.8) is 0 Å². The van der Waals surface area contributed by atoms with Crippen molar-refractivity contribution < 1.29 is 0 Å². The molecule has 1 aliphatic rings. The third-order valence-electron chi connectivity index (χ3n) is 14.6. The van der Waals surface area contributed by atoms with E-state index >= 15 is 0 Å². The number of anilines is 3. The molecule has 0 spiro atoms. The summed E-state index contributed by atoms with van der Waals surface area (Å²) in [5.74, 6) is 0. The fourth-order valence-corrected chi connectivity index (χ4v) is 11.3. The van der Waals surface area contributed by atoms with Crippen LogP contribution in [0.15, 0.2) is 291 Å². The molecule has 0 bridgehead atoms. The van der Waals surface area contributed by atoms with Crippen LogP contribution >= 0.6 is 0 Å². The number of benzene rings is 11. The Hall–Kier alpha value is -9.37. The zero-order chi connectivity index (χ0) is 47.8. The van der Waals surface area contributed by atoms with Gasteiger partial charge < -0.3 is 4.90 Å². The number of fused-ring (bicyclic) bond motifs is 4. The van der Waals surface area contributed by atoms with Gasteiger partial charge >= 0.3 is 0 Å². The molecule has 1 aromatic heterocycles. The Bertz CT molecular complexity index is 3830. The Morgan fingerprint density at radius 2 is 0.764 bits per heavy atom. The number of pyridine rings is 1. The van der Waals surface area contributed by atoms with Gasteiger partial charge in [-0.15, -0.1) is 0 Å². The minimum absolute atomic E-state index is 0.682. The van der Waals surface area contributed by atoms with Gasteiger partial charge in [-0.1, -0.05) is 249 Å². The van der Waals surface area contributed by atoms with Gasteiger partial charge in [0.1, 0.15) is 0 Å². The first-order chi connectivity index (χ1) is 35.7. The summed E-state index contributed by atoms with van der Waals surface area (Å²) in [5.41, 5.74) is 22.1. The van der Waals surface area contributed by atoms with Crippen molar-refractivity contribution in [1.29, 1.82) is 0 Å². The normalized spacial score (nSPS) is 12.3. The second kappa shape index (κ2) is 18.2. The lowest BCUT2D eigenvalue weighted by Crippen LogP contribution is -2.28. The van der Waals surface area contributed by atoms with E-state index in [1.165, 1.54) is 55.6 Å². The van der Waals surface area contributed by atoms with E-state index in [1.807, 2.05) is 0 Å². The number of para-hydroxylation sites is 2. The largest absolute Gasteiger partial charge is 0.309 e. The molecule has 2 nitrogen and oxygen atoms in total. The van der Waals surface area contributed by atoms with Crippen LogP contribution in [0.3, 0.4) is 0 Å². The molecule has 0 fully saturated rings. The predicted octanol–water partition coefficient (Wildman–Crippen LogP) is 18.4. The lowest BCUT2D eigenvalue weighted by atomic mass is 9.67. The van der Waals surface area contributed by atoms with Gasteiger partial charge in [-0.05, 0) is 104 Å². The van der Waals surface area contributed by atoms with Crippen LogP contribution in [0, 0.1) is 0 Å². The Balaban J connectivity index is 1.08. The molecule has 0 unspecified atom stereocenters.